The molecule has 12 N–H and O–H groups in total. The van der Waals surface area contributed by atoms with Gasteiger partial charge in [-0.05, 0) is 305 Å². The highest BCUT2D eigenvalue weighted by molar-refractivity contribution is 7.90. The van der Waals surface area contributed by atoms with Crippen LogP contribution in [-0.4, -0.2) is 177 Å². The summed E-state index contributed by atoms with van der Waals surface area (Å²) in [5.41, 5.74) is 5.50. The van der Waals surface area contributed by atoms with Crippen LogP contribution in [0.4, 0.5) is 0 Å². The average Bonchev–Trinajstić information content (AvgIpc) is 0.866. The van der Waals surface area contributed by atoms with Crippen LogP contribution in [0.1, 0.15) is 230 Å². The molecule has 3 aromatic heterocycles. The van der Waals surface area contributed by atoms with E-state index < -0.39 is 111 Å². The predicted molar refractivity (Wildman–Crippen MR) is 538 cm³/mol. The van der Waals surface area contributed by atoms with Gasteiger partial charge in [-0.15, -0.1) is 0 Å². The van der Waals surface area contributed by atoms with Gasteiger partial charge >= 0.3 is 0 Å². The molecule has 0 spiro atoms. The topological polar surface area (TPSA) is 461 Å². The Bertz CT molecular complexity index is 6550. The van der Waals surface area contributed by atoms with Crippen molar-refractivity contribution in [3.05, 3.63) is 327 Å². The van der Waals surface area contributed by atoms with E-state index in [1.165, 1.54) is 0 Å². The molecule has 16 rings (SSSR count). The maximum atomic E-state index is 13.2. The first kappa shape index (κ1) is 107. The molecule has 32 nitrogen and oxygen atoms in total. The van der Waals surface area contributed by atoms with Crippen molar-refractivity contribution >= 4 is 63.7 Å². The van der Waals surface area contributed by atoms with Crippen LogP contribution in [0.25, 0.3) is 0 Å². The van der Waals surface area contributed by atoms with Crippen LogP contribution < -0.4 is 59.1 Å². The van der Waals surface area contributed by atoms with E-state index in [2.05, 4.69) is 66.9 Å². The second-order valence-electron chi connectivity index (χ2n) is 37.5. The van der Waals surface area contributed by atoms with Crippen molar-refractivity contribution in [3.63, 3.8) is 0 Å². The number of nitrogens with zero attached hydrogens (tertiary/aromatic N) is 4. The third kappa shape index (κ3) is 26.0. The lowest BCUT2D eigenvalue weighted by molar-refractivity contribution is -0.0603. The van der Waals surface area contributed by atoms with Crippen LogP contribution in [0.5, 0.6) is 23.0 Å². The molecule has 8 aromatic carbocycles. The fraction of sp³-hybridized carbons (Fsp3) is 0.368. The number of fused-ring (bicyclic) bond motifs is 4. The van der Waals surface area contributed by atoms with Gasteiger partial charge in [0.15, 0.2) is 0 Å². The van der Waals surface area contributed by atoms with Crippen molar-refractivity contribution in [1.82, 2.24) is 60.0 Å². The largest absolute Gasteiger partial charge is 0.485 e. The number of aromatic nitrogens is 3. The predicted octanol–water partition coefficient (Wildman–Crippen LogP) is 12.4. The first-order valence-electron chi connectivity index (χ1n) is 47.4. The van der Waals surface area contributed by atoms with Gasteiger partial charge in [-0.25, -0.2) is 52.6 Å². The van der Waals surface area contributed by atoms with Gasteiger partial charge in [0.25, 0.3) is 23.6 Å². The van der Waals surface area contributed by atoms with E-state index >= 15 is 0 Å². The van der Waals surface area contributed by atoms with Gasteiger partial charge in [0.2, 0.25) is 40.1 Å². The summed E-state index contributed by atoms with van der Waals surface area (Å²) in [4.78, 5) is 66.3. The minimum Gasteiger partial charge on any atom is -0.485 e. The number of sulfonamides is 4. The third-order valence-electron chi connectivity index (χ3n) is 25.9. The zero-order chi connectivity index (χ0) is 102. The second kappa shape index (κ2) is 45.5. The monoisotopic (exact) mass is 2010 g/mol. The molecule has 0 saturated carbocycles. The SMILES string of the molecule is CCc1ccc(S(=O)(=O)N[C@@H]2c3cc(C(=O)NCC4CCCN4CC)ccc3OC(C)(C)[C@H]2O)cc1.CCc1ccc(S(=O)(=O)N[C@@H]2c3cc(C(=O)NCCc4ccncc4)ccc3OC(C)(C)[C@H]2O)cc1.CCc1ccc(S(=O)(=O)N[C@@H]2c3cc(C(=O)NCc4ccccn4)ccc3OC(C)(C)[C@H]2O)cc1.CCc1ccc(S(=O)(=O)N[C@@H]2c3cc(C(=O)NCc4ccncc4)ccc3OC(C)(C)[C@H]2O)cc1. The number of aliphatic hydroxyl groups excluding tert-OH is 4. The quantitative estimate of drug-likeness (QED) is 0.0199. The number of pyridine rings is 3. The van der Waals surface area contributed by atoms with E-state index in [-0.39, 0.29) is 49.8 Å². The first-order chi connectivity index (χ1) is 67.4. The van der Waals surface area contributed by atoms with Gasteiger partial charge in [0, 0.05) is 101 Å². The Kier molecular flexibility index (Phi) is 34.3. The van der Waals surface area contributed by atoms with E-state index in [4.69, 9.17) is 18.9 Å². The summed E-state index contributed by atoms with van der Waals surface area (Å²) in [6.07, 6.45) is 9.57. The van der Waals surface area contributed by atoms with Crippen molar-refractivity contribution in [3.8, 4) is 23.0 Å². The summed E-state index contributed by atoms with van der Waals surface area (Å²) in [7, 11) is -15.8. The molecule has 1 saturated heterocycles. The first-order valence-corrected chi connectivity index (χ1v) is 53.3. The number of hydrogen-bond donors (Lipinski definition) is 12. The van der Waals surface area contributed by atoms with E-state index in [0.717, 1.165) is 85.0 Å². The number of benzene rings is 8. The van der Waals surface area contributed by atoms with Crippen LogP contribution in [0, 0.1) is 0 Å². The highest BCUT2D eigenvalue weighted by Crippen LogP contribution is 2.46. The molecular formula is C106H126N12O20S4. The number of likely N-dealkylation sites (N-methyl/N-ethyl adjacent to an activating group) is 1. The number of amides is 4. The number of likely N-dealkylation sites (tertiary alicyclic amines) is 1. The van der Waals surface area contributed by atoms with E-state index in [9.17, 15) is 73.3 Å². The Morgan fingerprint density at radius 2 is 0.662 bits per heavy atom. The highest BCUT2D eigenvalue weighted by Gasteiger charge is 2.50. The summed E-state index contributed by atoms with van der Waals surface area (Å²) in [6, 6.07) is 55.0. The van der Waals surface area contributed by atoms with Crippen LogP contribution in [0.3, 0.4) is 0 Å². The number of carbonyl (C=O) groups excluding carboxylic acids is 4. The van der Waals surface area contributed by atoms with Gasteiger partial charge in [-0.3, -0.25) is 39.0 Å². The Labute approximate surface area is 831 Å². The molecule has 11 aromatic rings. The standard InChI is InChI=1S/C27H37N3O5S.C27H31N3O5S.2C26H29N3O5S/c1-5-18-9-12-21(13-10-18)36(33,34)29-24-22-16-19(11-14-23(22)35-27(3,4)25(24)31)26(32)28-17-20-8-7-15-30(20)6-2;1-4-18-5-8-21(9-6-18)36(33,34)30-24-22-17-20(7-10-23(22)35-27(2,3)25(24)31)26(32)29-16-13-19-11-14-28-15-12-19;1-4-17-5-8-20(9-6-17)35(32,33)29-23-21-15-19(7-10-22(21)34-26(2,3)24(23)30)25(31)28-16-18-11-13-27-14-12-18;1-4-17-8-11-20(12-9-17)35(32,33)29-23-21-15-18(10-13-22(21)34-26(2,3)24(23)30)25(31)28-16-19-7-5-6-14-27-19/h9-14,16,20,24-25,29,31H,5-8,15,17H2,1-4H3,(H,28,32);5-12,14-15,17,24-25,30-31H,4,13,16H2,1-3H3,(H,29,32);2*5-15,23-24,29-30H,4,16H2,1-3H3,(H,28,31)/t20?,24-,25+;24-,25+;2*23-,24+/m1111/s1. The number of carbonyl (C=O) groups is 4. The lowest BCUT2D eigenvalue weighted by Gasteiger charge is -2.42. The fourth-order valence-electron chi connectivity index (χ4n) is 17.2. The number of hydrogen-bond acceptors (Lipinski definition) is 24. The molecule has 5 aliphatic heterocycles. The molecule has 142 heavy (non-hydrogen) atoms. The molecule has 9 atom stereocenters. The number of rotatable bonds is 30. The van der Waals surface area contributed by atoms with Crippen LogP contribution in [-0.2, 0) is 85.3 Å². The van der Waals surface area contributed by atoms with E-state index in [0.29, 0.717) is 105 Å². The molecule has 0 aliphatic carbocycles. The van der Waals surface area contributed by atoms with Crippen LogP contribution in [0.15, 0.2) is 263 Å². The molecule has 4 amide bonds. The third-order valence-corrected chi connectivity index (χ3v) is 31.8. The van der Waals surface area contributed by atoms with Crippen LogP contribution in [0.2, 0.25) is 0 Å². The smallest absolute Gasteiger partial charge is 0.251 e. The Balaban J connectivity index is 0.000000159. The molecular weight excluding hydrogens is 1890 g/mol. The number of aryl methyl sites for hydroxylation is 4. The van der Waals surface area contributed by atoms with Gasteiger partial charge in [0.05, 0.1) is 56.0 Å². The Morgan fingerprint density at radius 1 is 0.359 bits per heavy atom. The zero-order valence-electron chi connectivity index (χ0n) is 81.7. The average molecular weight is 2020 g/mol. The van der Waals surface area contributed by atoms with Gasteiger partial charge in [0.1, 0.15) is 69.8 Å². The molecule has 0 radical (unpaired) electrons. The number of aliphatic hydroxyl groups is 4. The number of ether oxygens (including phenoxy) is 4. The summed E-state index contributed by atoms with van der Waals surface area (Å²) in [5, 5.41) is 55.8. The molecule has 0 bridgehead atoms. The fourth-order valence-corrected chi connectivity index (χ4v) is 22.1. The zero-order valence-corrected chi connectivity index (χ0v) is 85.0. The van der Waals surface area contributed by atoms with E-state index in [1.54, 1.807) is 280 Å². The molecule has 5 aliphatic rings. The van der Waals surface area contributed by atoms with Crippen molar-refractivity contribution in [2.75, 3.05) is 26.2 Å². The van der Waals surface area contributed by atoms with E-state index in [1.807, 2.05) is 45.9 Å². The summed E-state index contributed by atoms with van der Waals surface area (Å²) in [5.74, 6) is 0.419. The number of nitrogens with one attached hydrogen (secondary N) is 8. The van der Waals surface area contributed by atoms with Crippen molar-refractivity contribution in [1.29, 1.82) is 0 Å². The molecule has 8 heterocycles. The van der Waals surface area contributed by atoms with Gasteiger partial charge < -0.3 is 60.6 Å². The molecule has 1 fully saturated rings. The summed E-state index contributed by atoms with van der Waals surface area (Å²) < 4.78 is 140. The Morgan fingerprint density at radius 3 is 0.965 bits per heavy atom. The second-order valence-corrected chi connectivity index (χ2v) is 44.4. The molecule has 1 unspecified atom stereocenters. The maximum Gasteiger partial charge on any atom is 0.251 e. The molecule has 754 valence electrons. The normalized spacial score (nSPS) is 20.0. The highest BCUT2D eigenvalue weighted by atomic mass is 32.2. The lowest BCUT2D eigenvalue weighted by atomic mass is 9.86. The van der Waals surface area contributed by atoms with Gasteiger partial charge in [-0.1, -0.05) is 89.2 Å². The van der Waals surface area contributed by atoms with Crippen molar-refractivity contribution in [2.45, 2.75) is 245 Å². The van der Waals surface area contributed by atoms with Crippen LogP contribution >= 0.6 is 0 Å². The molecule has 36 heteroatoms. The minimum absolute atomic E-state index is 0.0945. The lowest BCUT2D eigenvalue weighted by Crippen LogP contribution is -2.53. The summed E-state index contributed by atoms with van der Waals surface area (Å²) in [6.45, 7) is 27.2. The minimum atomic E-state index is -3.96. The Hall–Kier alpha value is -12.3. The van der Waals surface area contributed by atoms with Gasteiger partial charge in [-0.2, -0.15) is 0 Å². The van der Waals surface area contributed by atoms with Crippen molar-refractivity contribution < 1.29 is 92.2 Å². The van der Waals surface area contributed by atoms with Crippen molar-refractivity contribution in [2.24, 2.45) is 0 Å². The maximum absolute atomic E-state index is 13.2. The summed E-state index contributed by atoms with van der Waals surface area (Å²) >= 11 is 0.